The third-order valence-corrected chi connectivity index (χ3v) is 2.87. The van der Waals surface area contributed by atoms with Crippen LogP contribution < -0.4 is 4.90 Å². The molecule has 1 aliphatic heterocycles. The van der Waals surface area contributed by atoms with Crippen molar-refractivity contribution in [3.63, 3.8) is 0 Å². The quantitative estimate of drug-likeness (QED) is 0.772. The zero-order valence-electron chi connectivity index (χ0n) is 9.31. The fraction of sp³-hybridized carbons (Fsp3) is 0.308. The molecule has 3 heteroatoms. The average Bonchev–Trinajstić information content (AvgIpc) is 2.26. The normalized spacial score (nSPS) is 15.2. The van der Waals surface area contributed by atoms with Crippen LogP contribution >= 0.6 is 0 Å². The van der Waals surface area contributed by atoms with Gasteiger partial charge in [0, 0.05) is 25.4 Å². The first kappa shape index (κ1) is 10.7. The molecule has 0 bridgehead atoms. The second kappa shape index (κ2) is 4.39. The number of hydrogen-bond acceptors (Lipinski definition) is 2. The van der Waals surface area contributed by atoms with Crippen molar-refractivity contribution in [2.75, 3.05) is 18.5 Å². The van der Waals surface area contributed by atoms with Crippen LogP contribution in [0, 0.1) is 0 Å². The maximum atomic E-state index is 10.4. The predicted octanol–water partition coefficient (Wildman–Crippen LogP) is 2.17. The monoisotopic (exact) mass is 217 g/mol. The topological polar surface area (TPSA) is 40.5 Å². The summed E-state index contributed by atoms with van der Waals surface area (Å²) in [6, 6.07) is 6.10. The highest BCUT2D eigenvalue weighted by Gasteiger charge is 2.12. The number of aryl methyl sites for hydroxylation is 1. The molecule has 0 spiro atoms. The van der Waals surface area contributed by atoms with Gasteiger partial charge in [-0.1, -0.05) is 6.07 Å². The summed E-state index contributed by atoms with van der Waals surface area (Å²) >= 11 is 0. The Balaban J connectivity index is 2.28. The number of hydrogen-bond donors (Lipinski definition) is 1. The van der Waals surface area contributed by atoms with E-state index in [0.29, 0.717) is 0 Å². The molecule has 16 heavy (non-hydrogen) atoms. The number of carbonyl (C=O) groups is 1. The lowest BCUT2D eigenvalue weighted by Gasteiger charge is -2.27. The van der Waals surface area contributed by atoms with E-state index in [1.165, 1.54) is 17.3 Å². The number of carboxylic acid groups (broad SMARTS) is 1. The Morgan fingerprint density at radius 2 is 2.31 bits per heavy atom. The SMILES string of the molecule is CN1CCCc2cc(/C=C/C(=O)O)ccc21. The molecule has 0 aromatic heterocycles. The Morgan fingerprint density at radius 3 is 3.06 bits per heavy atom. The summed E-state index contributed by atoms with van der Waals surface area (Å²) in [5.41, 5.74) is 3.52. The van der Waals surface area contributed by atoms with Gasteiger partial charge in [-0.05, 0) is 42.2 Å². The molecule has 1 aromatic carbocycles. The van der Waals surface area contributed by atoms with E-state index in [1.54, 1.807) is 6.08 Å². The molecule has 3 nitrogen and oxygen atoms in total. The van der Waals surface area contributed by atoms with Gasteiger partial charge in [-0.15, -0.1) is 0 Å². The minimum absolute atomic E-state index is 0.908. The van der Waals surface area contributed by atoms with Gasteiger partial charge < -0.3 is 10.0 Å². The van der Waals surface area contributed by atoms with Gasteiger partial charge in [-0.25, -0.2) is 4.79 Å². The first-order valence-electron chi connectivity index (χ1n) is 5.42. The van der Waals surface area contributed by atoms with E-state index in [0.717, 1.165) is 24.9 Å². The predicted molar refractivity (Wildman–Crippen MR) is 64.7 cm³/mol. The second-order valence-corrected chi connectivity index (χ2v) is 4.08. The second-order valence-electron chi connectivity index (χ2n) is 4.08. The van der Waals surface area contributed by atoms with Crippen molar-refractivity contribution in [3.05, 3.63) is 35.4 Å². The average molecular weight is 217 g/mol. The number of anilines is 1. The maximum absolute atomic E-state index is 10.4. The van der Waals surface area contributed by atoms with Crippen LogP contribution in [0.15, 0.2) is 24.3 Å². The minimum Gasteiger partial charge on any atom is -0.478 e. The molecule has 1 aliphatic rings. The van der Waals surface area contributed by atoms with Gasteiger partial charge in [0.05, 0.1) is 0 Å². The molecular weight excluding hydrogens is 202 g/mol. The number of benzene rings is 1. The molecule has 0 fully saturated rings. The number of aliphatic carboxylic acids is 1. The molecule has 1 heterocycles. The number of nitrogens with zero attached hydrogens (tertiary/aromatic N) is 1. The van der Waals surface area contributed by atoms with E-state index in [4.69, 9.17) is 5.11 Å². The highest BCUT2D eigenvalue weighted by Crippen LogP contribution is 2.27. The zero-order valence-corrected chi connectivity index (χ0v) is 9.31. The Hall–Kier alpha value is -1.77. The summed E-state index contributed by atoms with van der Waals surface area (Å²) in [5.74, 6) is -0.908. The summed E-state index contributed by atoms with van der Waals surface area (Å²) in [5, 5.41) is 8.56. The molecule has 0 saturated carbocycles. The van der Waals surface area contributed by atoms with Gasteiger partial charge in [0.2, 0.25) is 0 Å². The molecular formula is C13H15NO2. The number of fused-ring (bicyclic) bond motifs is 1. The van der Waals surface area contributed by atoms with Gasteiger partial charge in [0.1, 0.15) is 0 Å². The molecule has 84 valence electrons. The van der Waals surface area contributed by atoms with E-state index in [1.807, 2.05) is 6.07 Å². The lowest BCUT2D eigenvalue weighted by atomic mass is 9.99. The summed E-state index contributed by atoms with van der Waals surface area (Å²) in [4.78, 5) is 12.7. The summed E-state index contributed by atoms with van der Waals surface area (Å²) in [7, 11) is 2.09. The van der Waals surface area contributed by atoms with Crippen LogP contribution in [0.2, 0.25) is 0 Å². The molecule has 0 saturated heterocycles. The molecule has 2 rings (SSSR count). The van der Waals surface area contributed by atoms with Crippen molar-refractivity contribution in [1.82, 2.24) is 0 Å². The van der Waals surface area contributed by atoms with Crippen molar-refractivity contribution in [3.8, 4) is 0 Å². The van der Waals surface area contributed by atoms with Crippen molar-refractivity contribution in [2.45, 2.75) is 12.8 Å². The lowest BCUT2D eigenvalue weighted by molar-refractivity contribution is -0.131. The number of rotatable bonds is 2. The molecule has 0 aliphatic carbocycles. The van der Waals surface area contributed by atoms with Crippen molar-refractivity contribution in [1.29, 1.82) is 0 Å². The third kappa shape index (κ3) is 2.24. The molecule has 1 N–H and O–H groups in total. The largest absolute Gasteiger partial charge is 0.478 e. The van der Waals surface area contributed by atoms with E-state index >= 15 is 0 Å². The minimum atomic E-state index is -0.908. The van der Waals surface area contributed by atoms with Crippen LogP contribution in [0.4, 0.5) is 5.69 Å². The zero-order chi connectivity index (χ0) is 11.5. The van der Waals surface area contributed by atoms with Crippen molar-refractivity contribution in [2.24, 2.45) is 0 Å². The highest BCUT2D eigenvalue weighted by atomic mass is 16.4. The Labute approximate surface area is 95.0 Å². The molecule has 0 radical (unpaired) electrons. The number of carboxylic acids is 1. The molecule has 0 amide bonds. The summed E-state index contributed by atoms with van der Waals surface area (Å²) < 4.78 is 0. The third-order valence-electron chi connectivity index (χ3n) is 2.87. The molecule has 0 unspecified atom stereocenters. The molecule has 1 aromatic rings. The van der Waals surface area contributed by atoms with Gasteiger partial charge in [-0.2, -0.15) is 0 Å². The fourth-order valence-corrected chi connectivity index (χ4v) is 2.08. The summed E-state index contributed by atoms with van der Waals surface area (Å²) in [6.45, 7) is 1.09. The van der Waals surface area contributed by atoms with Crippen LogP contribution in [0.3, 0.4) is 0 Å². The maximum Gasteiger partial charge on any atom is 0.328 e. The van der Waals surface area contributed by atoms with Gasteiger partial charge in [-0.3, -0.25) is 0 Å². The van der Waals surface area contributed by atoms with E-state index in [9.17, 15) is 4.79 Å². The van der Waals surface area contributed by atoms with Crippen LogP contribution in [0.25, 0.3) is 6.08 Å². The Kier molecular flexibility index (Phi) is 2.95. The Bertz CT molecular complexity index is 438. The smallest absolute Gasteiger partial charge is 0.328 e. The van der Waals surface area contributed by atoms with Crippen molar-refractivity contribution < 1.29 is 9.90 Å². The van der Waals surface area contributed by atoms with Crippen LogP contribution in [-0.4, -0.2) is 24.7 Å². The first-order chi connectivity index (χ1) is 7.66. The van der Waals surface area contributed by atoms with Crippen LogP contribution in [-0.2, 0) is 11.2 Å². The van der Waals surface area contributed by atoms with Crippen LogP contribution in [0.5, 0.6) is 0 Å². The van der Waals surface area contributed by atoms with Crippen molar-refractivity contribution >= 4 is 17.7 Å². The van der Waals surface area contributed by atoms with Gasteiger partial charge in [0.25, 0.3) is 0 Å². The van der Waals surface area contributed by atoms with E-state index in [-0.39, 0.29) is 0 Å². The highest BCUT2D eigenvalue weighted by molar-refractivity contribution is 5.85. The van der Waals surface area contributed by atoms with E-state index < -0.39 is 5.97 Å². The lowest BCUT2D eigenvalue weighted by Crippen LogP contribution is -2.24. The first-order valence-corrected chi connectivity index (χ1v) is 5.42. The summed E-state index contributed by atoms with van der Waals surface area (Å²) in [6.07, 6.45) is 5.05. The van der Waals surface area contributed by atoms with Gasteiger partial charge in [0.15, 0.2) is 0 Å². The molecule has 0 atom stereocenters. The van der Waals surface area contributed by atoms with Gasteiger partial charge >= 0.3 is 5.97 Å². The fourth-order valence-electron chi connectivity index (χ4n) is 2.08. The Morgan fingerprint density at radius 1 is 1.50 bits per heavy atom. The van der Waals surface area contributed by atoms with Crippen LogP contribution in [0.1, 0.15) is 17.5 Å². The van der Waals surface area contributed by atoms with E-state index in [2.05, 4.69) is 24.1 Å². The standard InChI is InChI=1S/C13H15NO2/c1-14-8-2-3-11-9-10(4-6-12(11)14)5-7-13(15)16/h4-7,9H,2-3,8H2,1H3,(H,15,16)/b7-5+.